The maximum Gasteiger partial charge on any atom is 0.338 e. The van der Waals surface area contributed by atoms with E-state index in [1.165, 1.54) is 42.5 Å². The number of hydrogen-bond donors (Lipinski definition) is 1. The van der Waals surface area contributed by atoms with E-state index in [2.05, 4.69) is 5.32 Å². The number of nitro benzene ring substituents is 1. The molecule has 0 atom stereocenters. The van der Waals surface area contributed by atoms with E-state index in [0.717, 1.165) is 6.07 Å². The number of benzene rings is 3. The van der Waals surface area contributed by atoms with Crippen LogP contribution < -0.4 is 5.32 Å². The number of esters is 2. The highest BCUT2D eigenvalue weighted by molar-refractivity contribution is 6.00. The fourth-order valence-electron chi connectivity index (χ4n) is 3.14. The fourth-order valence-corrected chi connectivity index (χ4v) is 3.14. The van der Waals surface area contributed by atoms with Gasteiger partial charge < -0.3 is 14.8 Å². The Kier molecular flexibility index (Phi) is 9.52. The Labute approximate surface area is 216 Å². The quantitative estimate of drug-likeness (QED) is 0.163. The summed E-state index contributed by atoms with van der Waals surface area (Å²) in [5.41, 5.74) is 0.666. The highest BCUT2D eigenvalue weighted by atomic mass is 16.6. The smallest absolute Gasteiger partial charge is 0.338 e. The number of Topliss-reactive ketones (excluding diaryl/α,β-unsaturated/α-hetero) is 2. The molecule has 0 unspecified atom stereocenters. The predicted molar refractivity (Wildman–Crippen MR) is 134 cm³/mol. The molecular formula is C27H22N2O9. The zero-order valence-electron chi connectivity index (χ0n) is 20.0. The summed E-state index contributed by atoms with van der Waals surface area (Å²) in [6, 6.07) is 19.1. The van der Waals surface area contributed by atoms with Gasteiger partial charge in [-0.05, 0) is 24.3 Å². The number of nitro groups is 1. The first-order valence-electron chi connectivity index (χ1n) is 11.3. The van der Waals surface area contributed by atoms with Gasteiger partial charge in [0.1, 0.15) is 0 Å². The number of rotatable bonds is 12. The standard InChI is InChI=1S/C27H22N2O9/c30-23(18-5-2-1-3-6-18)16-37-26(33)14-13-25(32)28-21-11-9-19(10-12-21)27(34)38-17-24(31)20-7-4-8-22(15-20)29(35)36/h1-12,15H,13-14,16-17H2,(H,28,32). The number of anilines is 1. The lowest BCUT2D eigenvalue weighted by molar-refractivity contribution is -0.384. The number of amides is 1. The van der Waals surface area contributed by atoms with Crippen molar-refractivity contribution in [1.29, 1.82) is 0 Å². The molecular weight excluding hydrogens is 496 g/mol. The number of ketones is 2. The van der Waals surface area contributed by atoms with Crippen molar-refractivity contribution >= 4 is 40.8 Å². The molecule has 0 aromatic heterocycles. The van der Waals surface area contributed by atoms with Gasteiger partial charge in [0.25, 0.3) is 5.69 Å². The van der Waals surface area contributed by atoms with Gasteiger partial charge in [0.2, 0.25) is 11.7 Å². The molecule has 0 heterocycles. The van der Waals surface area contributed by atoms with Crippen LogP contribution >= 0.6 is 0 Å². The Balaban J connectivity index is 1.40. The molecule has 3 aromatic rings. The number of non-ortho nitro benzene ring substituents is 1. The minimum Gasteiger partial charge on any atom is -0.457 e. The van der Waals surface area contributed by atoms with E-state index in [0.29, 0.717) is 11.3 Å². The summed E-state index contributed by atoms with van der Waals surface area (Å²) < 4.78 is 9.89. The maximum absolute atomic E-state index is 12.2. The Morgan fingerprint density at radius 1 is 0.711 bits per heavy atom. The van der Waals surface area contributed by atoms with Crippen molar-refractivity contribution in [3.8, 4) is 0 Å². The number of nitrogens with zero attached hydrogens (tertiary/aromatic N) is 1. The molecule has 11 heteroatoms. The van der Waals surface area contributed by atoms with Gasteiger partial charge in [-0.2, -0.15) is 0 Å². The Bertz CT molecular complexity index is 1350. The van der Waals surface area contributed by atoms with Crippen molar-refractivity contribution in [1.82, 2.24) is 0 Å². The van der Waals surface area contributed by atoms with Gasteiger partial charge in [0.15, 0.2) is 19.0 Å². The van der Waals surface area contributed by atoms with Crippen LogP contribution in [0.25, 0.3) is 0 Å². The number of hydrogen-bond acceptors (Lipinski definition) is 9. The zero-order chi connectivity index (χ0) is 27.5. The van der Waals surface area contributed by atoms with Crippen molar-refractivity contribution in [2.24, 2.45) is 0 Å². The molecule has 0 aliphatic carbocycles. The molecule has 1 amide bonds. The lowest BCUT2D eigenvalue weighted by Crippen LogP contribution is -2.17. The van der Waals surface area contributed by atoms with Gasteiger partial charge in [-0.25, -0.2) is 4.79 Å². The summed E-state index contributed by atoms with van der Waals surface area (Å²) in [5.74, 6) is -2.92. The number of carbonyl (C=O) groups excluding carboxylic acids is 5. The van der Waals surface area contributed by atoms with Gasteiger partial charge in [0, 0.05) is 35.4 Å². The average Bonchev–Trinajstić information content (AvgIpc) is 2.94. The SMILES string of the molecule is O=C(CCC(=O)OCC(=O)c1ccccc1)Nc1ccc(C(=O)OCC(=O)c2cccc([N+](=O)[O-])c2)cc1. The molecule has 3 rings (SSSR count). The second-order valence-electron chi connectivity index (χ2n) is 7.88. The van der Waals surface area contributed by atoms with E-state index in [4.69, 9.17) is 9.47 Å². The molecule has 38 heavy (non-hydrogen) atoms. The van der Waals surface area contributed by atoms with Crippen molar-refractivity contribution in [2.45, 2.75) is 12.8 Å². The Morgan fingerprint density at radius 2 is 1.34 bits per heavy atom. The highest BCUT2D eigenvalue weighted by Gasteiger charge is 2.16. The third-order valence-electron chi connectivity index (χ3n) is 5.13. The van der Waals surface area contributed by atoms with Crippen LogP contribution in [0.1, 0.15) is 43.9 Å². The molecule has 0 aliphatic heterocycles. The number of carbonyl (C=O) groups is 5. The molecule has 0 saturated carbocycles. The molecule has 194 valence electrons. The van der Waals surface area contributed by atoms with Gasteiger partial charge in [0.05, 0.1) is 16.9 Å². The molecule has 0 saturated heterocycles. The third-order valence-corrected chi connectivity index (χ3v) is 5.13. The lowest BCUT2D eigenvalue weighted by Gasteiger charge is -2.08. The summed E-state index contributed by atoms with van der Waals surface area (Å²) in [4.78, 5) is 70.5. The minimum absolute atomic E-state index is 0.0386. The molecule has 0 aliphatic rings. The van der Waals surface area contributed by atoms with Gasteiger partial charge in [-0.3, -0.25) is 29.3 Å². The summed E-state index contributed by atoms with van der Waals surface area (Å²) in [5, 5.41) is 13.4. The first-order chi connectivity index (χ1) is 18.2. The van der Waals surface area contributed by atoms with Crippen LogP contribution in [0.15, 0.2) is 78.9 Å². The van der Waals surface area contributed by atoms with E-state index >= 15 is 0 Å². The average molecular weight is 518 g/mol. The molecule has 1 N–H and O–H groups in total. The van der Waals surface area contributed by atoms with Crippen LogP contribution in [0.4, 0.5) is 11.4 Å². The second kappa shape index (κ2) is 13.2. The number of ether oxygens (including phenoxy) is 2. The monoisotopic (exact) mass is 518 g/mol. The maximum atomic E-state index is 12.2. The molecule has 0 radical (unpaired) electrons. The van der Waals surface area contributed by atoms with Crippen LogP contribution in [-0.4, -0.2) is 47.5 Å². The van der Waals surface area contributed by atoms with E-state index in [-0.39, 0.29) is 35.4 Å². The number of nitrogens with one attached hydrogen (secondary N) is 1. The van der Waals surface area contributed by atoms with E-state index in [1.807, 2.05) is 0 Å². The van der Waals surface area contributed by atoms with Crippen molar-refractivity contribution in [3.05, 3.63) is 106 Å². The summed E-state index contributed by atoms with van der Waals surface area (Å²) in [6.07, 6.45) is -0.404. The summed E-state index contributed by atoms with van der Waals surface area (Å²) in [6.45, 7) is -1.02. The largest absolute Gasteiger partial charge is 0.457 e. The summed E-state index contributed by atoms with van der Waals surface area (Å²) in [7, 11) is 0. The van der Waals surface area contributed by atoms with Crippen LogP contribution in [-0.2, 0) is 19.1 Å². The van der Waals surface area contributed by atoms with Gasteiger partial charge in [-0.15, -0.1) is 0 Å². The topological polar surface area (TPSA) is 159 Å². The molecule has 3 aromatic carbocycles. The van der Waals surface area contributed by atoms with Crippen LogP contribution in [0, 0.1) is 10.1 Å². The molecule has 0 fully saturated rings. The van der Waals surface area contributed by atoms with Crippen molar-refractivity contribution < 1.29 is 38.4 Å². The zero-order valence-corrected chi connectivity index (χ0v) is 20.0. The normalized spacial score (nSPS) is 10.2. The van der Waals surface area contributed by atoms with Crippen LogP contribution in [0.3, 0.4) is 0 Å². The predicted octanol–water partition coefficient (Wildman–Crippen LogP) is 3.78. The Hall–Kier alpha value is -5.19. The summed E-state index contributed by atoms with van der Waals surface area (Å²) >= 11 is 0. The van der Waals surface area contributed by atoms with Gasteiger partial charge >= 0.3 is 11.9 Å². The molecule has 11 nitrogen and oxygen atoms in total. The third kappa shape index (κ3) is 8.19. The lowest BCUT2D eigenvalue weighted by atomic mass is 10.1. The fraction of sp³-hybridized carbons (Fsp3) is 0.148. The first kappa shape index (κ1) is 27.4. The van der Waals surface area contributed by atoms with Gasteiger partial charge in [-0.1, -0.05) is 42.5 Å². The minimum atomic E-state index is -0.797. The second-order valence-corrected chi connectivity index (χ2v) is 7.88. The van der Waals surface area contributed by atoms with Crippen molar-refractivity contribution in [2.75, 3.05) is 18.5 Å². The van der Waals surface area contributed by atoms with E-state index in [1.54, 1.807) is 30.3 Å². The highest BCUT2D eigenvalue weighted by Crippen LogP contribution is 2.15. The molecule has 0 bridgehead atoms. The van der Waals surface area contributed by atoms with Crippen LogP contribution in [0.5, 0.6) is 0 Å². The first-order valence-corrected chi connectivity index (χ1v) is 11.3. The Morgan fingerprint density at radius 3 is 2.03 bits per heavy atom. The van der Waals surface area contributed by atoms with Crippen LogP contribution in [0.2, 0.25) is 0 Å². The van der Waals surface area contributed by atoms with E-state index < -0.39 is 41.8 Å². The van der Waals surface area contributed by atoms with Crippen molar-refractivity contribution in [3.63, 3.8) is 0 Å². The van der Waals surface area contributed by atoms with E-state index in [9.17, 15) is 34.1 Å². The molecule has 0 spiro atoms.